The monoisotopic (exact) mass is 270 g/mol. The maximum atomic E-state index is 12.9. The van der Waals surface area contributed by atoms with Gasteiger partial charge in [0, 0.05) is 11.3 Å². The second-order valence-electron chi connectivity index (χ2n) is 3.58. The van der Waals surface area contributed by atoms with Gasteiger partial charge < -0.3 is 0 Å². The first kappa shape index (κ1) is 12.3. The first-order chi connectivity index (χ1) is 8.10. The van der Waals surface area contributed by atoms with Crippen LogP contribution in [-0.2, 0) is 5.88 Å². The minimum Gasteiger partial charge on any atom is -0.233 e. The van der Waals surface area contributed by atoms with E-state index in [4.69, 9.17) is 23.2 Å². The molecule has 0 spiro atoms. The number of aryl methyl sites for hydroxylation is 1. The SMILES string of the molecule is Cc1cc(CCl)nc(-c2ccc(F)cc2Cl)n1. The summed E-state index contributed by atoms with van der Waals surface area (Å²) in [6.07, 6.45) is 0. The van der Waals surface area contributed by atoms with Gasteiger partial charge in [0.1, 0.15) is 5.82 Å². The van der Waals surface area contributed by atoms with Gasteiger partial charge in [0.15, 0.2) is 5.82 Å². The quantitative estimate of drug-likeness (QED) is 0.772. The fourth-order valence-electron chi connectivity index (χ4n) is 1.49. The highest BCUT2D eigenvalue weighted by molar-refractivity contribution is 6.33. The Kier molecular flexibility index (Phi) is 3.60. The van der Waals surface area contributed by atoms with E-state index in [-0.39, 0.29) is 10.8 Å². The summed E-state index contributed by atoms with van der Waals surface area (Å²) in [5.41, 5.74) is 2.11. The van der Waals surface area contributed by atoms with Crippen molar-refractivity contribution in [3.05, 3.63) is 46.5 Å². The first-order valence-electron chi connectivity index (χ1n) is 4.96. The Hall–Kier alpha value is -1.19. The second kappa shape index (κ2) is 4.98. The molecule has 0 bridgehead atoms. The lowest BCUT2D eigenvalue weighted by Gasteiger charge is -2.06. The molecule has 0 aliphatic heterocycles. The van der Waals surface area contributed by atoms with Crippen molar-refractivity contribution in [3.63, 3.8) is 0 Å². The molecule has 1 aromatic heterocycles. The molecule has 2 aromatic rings. The lowest BCUT2D eigenvalue weighted by atomic mass is 10.2. The Morgan fingerprint density at radius 1 is 1.24 bits per heavy atom. The van der Waals surface area contributed by atoms with Crippen LogP contribution in [0.25, 0.3) is 11.4 Å². The van der Waals surface area contributed by atoms with Crippen LogP contribution >= 0.6 is 23.2 Å². The predicted octanol–water partition coefficient (Wildman–Crippen LogP) is 3.98. The number of nitrogens with zero attached hydrogens (tertiary/aromatic N) is 2. The van der Waals surface area contributed by atoms with Crippen LogP contribution in [0.5, 0.6) is 0 Å². The number of alkyl halides is 1. The number of halogens is 3. The summed E-state index contributed by atoms with van der Waals surface area (Å²) >= 11 is 11.7. The summed E-state index contributed by atoms with van der Waals surface area (Å²) in [7, 11) is 0. The number of benzene rings is 1. The molecule has 0 aliphatic rings. The molecule has 1 heterocycles. The molecule has 0 fully saturated rings. The fraction of sp³-hybridized carbons (Fsp3) is 0.167. The Morgan fingerprint density at radius 2 is 2.00 bits per heavy atom. The third kappa shape index (κ3) is 2.73. The second-order valence-corrected chi connectivity index (χ2v) is 4.26. The summed E-state index contributed by atoms with van der Waals surface area (Å²) in [6.45, 7) is 1.85. The van der Waals surface area contributed by atoms with Gasteiger partial charge >= 0.3 is 0 Å². The zero-order chi connectivity index (χ0) is 12.4. The van der Waals surface area contributed by atoms with Crippen molar-refractivity contribution in [2.24, 2.45) is 0 Å². The Bertz CT molecular complexity index is 558. The highest BCUT2D eigenvalue weighted by Gasteiger charge is 2.09. The largest absolute Gasteiger partial charge is 0.233 e. The summed E-state index contributed by atoms with van der Waals surface area (Å²) in [4.78, 5) is 8.53. The van der Waals surface area contributed by atoms with E-state index < -0.39 is 0 Å². The fourth-order valence-corrected chi connectivity index (χ4v) is 1.88. The van der Waals surface area contributed by atoms with Gasteiger partial charge in [0.25, 0.3) is 0 Å². The van der Waals surface area contributed by atoms with Crippen LogP contribution in [0.4, 0.5) is 4.39 Å². The van der Waals surface area contributed by atoms with E-state index >= 15 is 0 Å². The van der Waals surface area contributed by atoms with Crippen molar-refractivity contribution in [3.8, 4) is 11.4 Å². The standard InChI is InChI=1S/C12H9Cl2FN2/c1-7-4-9(6-13)17-12(16-7)10-3-2-8(15)5-11(10)14/h2-5H,6H2,1H3. The zero-order valence-electron chi connectivity index (χ0n) is 9.04. The molecule has 5 heteroatoms. The molecule has 17 heavy (non-hydrogen) atoms. The van der Waals surface area contributed by atoms with Crippen molar-refractivity contribution >= 4 is 23.2 Å². The van der Waals surface area contributed by atoms with E-state index in [0.717, 1.165) is 11.4 Å². The van der Waals surface area contributed by atoms with Crippen molar-refractivity contribution < 1.29 is 4.39 Å². The lowest BCUT2D eigenvalue weighted by molar-refractivity contribution is 0.628. The molecular weight excluding hydrogens is 262 g/mol. The van der Waals surface area contributed by atoms with E-state index in [9.17, 15) is 4.39 Å². The first-order valence-corrected chi connectivity index (χ1v) is 5.87. The lowest BCUT2D eigenvalue weighted by Crippen LogP contribution is -1.97. The molecule has 1 aromatic carbocycles. The number of aromatic nitrogens is 2. The summed E-state index contributed by atoms with van der Waals surface area (Å²) in [6, 6.07) is 5.93. The van der Waals surface area contributed by atoms with Crippen molar-refractivity contribution in [1.82, 2.24) is 9.97 Å². The number of rotatable bonds is 2. The average molecular weight is 271 g/mol. The number of hydrogen-bond donors (Lipinski definition) is 0. The van der Waals surface area contributed by atoms with E-state index in [1.54, 1.807) is 12.1 Å². The van der Waals surface area contributed by atoms with Crippen LogP contribution in [0.2, 0.25) is 5.02 Å². The van der Waals surface area contributed by atoms with Crippen molar-refractivity contribution in [2.75, 3.05) is 0 Å². The van der Waals surface area contributed by atoms with E-state index in [0.29, 0.717) is 17.3 Å². The summed E-state index contributed by atoms with van der Waals surface area (Å²) < 4.78 is 12.9. The third-order valence-corrected chi connectivity index (χ3v) is 2.80. The van der Waals surface area contributed by atoms with Crippen LogP contribution in [0.15, 0.2) is 24.3 Å². The van der Waals surface area contributed by atoms with E-state index in [1.165, 1.54) is 12.1 Å². The Balaban J connectivity index is 2.55. The molecule has 2 rings (SSSR count). The molecule has 0 saturated carbocycles. The molecule has 0 atom stereocenters. The van der Waals surface area contributed by atoms with Crippen LogP contribution in [0, 0.1) is 12.7 Å². The van der Waals surface area contributed by atoms with E-state index in [1.807, 2.05) is 6.92 Å². The van der Waals surface area contributed by atoms with Crippen molar-refractivity contribution in [1.29, 1.82) is 0 Å². The van der Waals surface area contributed by atoms with E-state index in [2.05, 4.69) is 9.97 Å². The van der Waals surface area contributed by atoms with Gasteiger partial charge in [-0.05, 0) is 31.2 Å². The van der Waals surface area contributed by atoms with Crippen LogP contribution in [0.3, 0.4) is 0 Å². The van der Waals surface area contributed by atoms with Gasteiger partial charge in [-0.1, -0.05) is 11.6 Å². The van der Waals surface area contributed by atoms with Gasteiger partial charge in [0.2, 0.25) is 0 Å². The van der Waals surface area contributed by atoms with Gasteiger partial charge in [-0.25, -0.2) is 14.4 Å². The smallest absolute Gasteiger partial charge is 0.161 e. The maximum absolute atomic E-state index is 12.9. The molecule has 0 radical (unpaired) electrons. The van der Waals surface area contributed by atoms with Gasteiger partial charge in [-0.15, -0.1) is 11.6 Å². The molecule has 0 unspecified atom stereocenters. The molecule has 2 nitrogen and oxygen atoms in total. The molecule has 0 saturated heterocycles. The van der Waals surface area contributed by atoms with Crippen LogP contribution < -0.4 is 0 Å². The highest BCUT2D eigenvalue weighted by atomic mass is 35.5. The summed E-state index contributed by atoms with van der Waals surface area (Å²) in [5, 5.41) is 0.288. The minimum absolute atomic E-state index is 0.288. The molecule has 0 amide bonds. The average Bonchev–Trinajstić information content (AvgIpc) is 2.28. The third-order valence-electron chi connectivity index (χ3n) is 2.22. The topological polar surface area (TPSA) is 25.8 Å². The van der Waals surface area contributed by atoms with Crippen LogP contribution in [-0.4, -0.2) is 9.97 Å². The normalized spacial score (nSPS) is 10.6. The van der Waals surface area contributed by atoms with Gasteiger partial charge in [-0.2, -0.15) is 0 Å². The highest BCUT2D eigenvalue weighted by Crippen LogP contribution is 2.26. The Labute approximate surface area is 108 Å². The molecular formula is C12H9Cl2FN2. The predicted molar refractivity (Wildman–Crippen MR) is 66.7 cm³/mol. The van der Waals surface area contributed by atoms with Gasteiger partial charge in [0.05, 0.1) is 16.6 Å². The molecule has 88 valence electrons. The minimum atomic E-state index is -0.385. The van der Waals surface area contributed by atoms with Crippen LogP contribution in [0.1, 0.15) is 11.4 Å². The summed E-state index contributed by atoms with van der Waals surface area (Å²) in [5.74, 6) is 0.379. The number of hydrogen-bond acceptors (Lipinski definition) is 2. The Morgan fingerprint density at radius 3 is 2.65 bits per heavy atom. The van der Waals surface area contributed by atoms with Crippen molar-refractivity contribution in [2.45, 2.75) is 12.8 Å². The van der Waals surface area contributed by atoms with Gasteiger partial charge in [-0.3, -0.25) is 0 Å². The molecule has 0 N–H and O–H groups in total. The molecule has 0 aliphatic carbocycles. The zero-order valence-corrected chi connectivity index (χ0v) is 10.6. The maximum Gasteiger partial charge on any atom is 0.161 e.